The Hall–Kier alpha value is -4.98. The molecule has 0 unspecified atom stereocenters. The number of aliphatic imine (C=N–C) groups is 2. The van der Waals surface area contributed by atoms with Crippen molar-refractivity contribution >= 4 is 35.2 Å². The molecule has 8 atom stereocenters. The number of nitrogens with two attached hydrogens (primary N) is 2. The summed E-state index contributed by atoms with van der Waals surface area (Å²) < 4.78 is 179. The molecule has 62 heavy (non-hydrogen) atoms. The molecule has 0 radical (unpaired) electrons. The Kier molecular flexibility index (Phi) is 12.1. The second-order valence-corrected chi connectivity index (χ2v) is 16.0. The number of aromatic nitrogens is 2. The maximum absolute atomic E-state index is 14.7. The fraction of sp³-hybridized carbons (Fsp3) is 0.400. The van der Waals surface area contributed by atoms with Gasteiger partial charge in [-0.25, -0.2) is 36.3 Å². The fourth-order valence-corrected chi connectivity index (χ4v) is 8.27. The van der Waals surface area contributed by atoms with E-state index in [1.165, 1.54) is 12.1 Å². The summed E-state index contributed by atoms with van der Waals surface area (Å²) in [5, 5.41) is 0.336. The molecule has 0 saturated heterocycles. The van der Waals surface area contributed by atoms with E-state index in [-0.39, 0.29) is 45.4 Å². The van der Waals surface area contributed by atoms with E-state index < -0.39 is 120 Å². The Balaban J connectivity index is 0.000000186. The number of hydrogen-bond acceptors (Lipinski definition) is 8. The molecular weight excluding hydrogens is 895 g/mol. The Morgan fingerprint density at radius 3 is 1.29 bits per heavy atom. The lowest BCUT2D eigenvalue weighted by molar-refractivity contribution is -0.151. The van der Waals surface area contributed by atoms with E-state index in [2.05, 4.69) is 20.0 Å². The summed E-state index contributed by atoms with van der Waals surface area (Å²) in [6.07, 6.45) is -15.6. The highest BCUT2D eigenvalue weighted by Crippen LogP contribution is 2.57. The van der Waals surface area contributed by atoms with Gasteiger partial charge in [0.05, 0.1) is 21.4 Å². The third kappa shape index (κ3) is 8.81. The van der Waals surface area contributed by atoms with Gasteiger partial charge in [-0.05, 0) is 73.2 Å². The summed E-state index contributed by atoms with van der Waals surface area (Å²) in [6.45, 7) is 0. The van der Waals surface area contributed by atoms with Crippen LogP contribution in [0.5, 0.6) is 0 Å². The molecular formula is C40H32Cl2F12N6O2. The SMILES string of the molecule is NC1=N[C@@](c2cc(C[C@@H](c3ccc(Cl)cn3)C(F)(F)F)ccc2F)(C(F)F)[C@H]2C[C@H]2O1.NC1=N[C@@](c2cc(C[C@H](c3ccc(Cl)cn3)C(F)(F)F)ccc2F)(C(F)F)[C@H]2C[C@H]2O1. The van der Waals surface area contributed by atoms with E-state index in [0.717, 1.165) is 60.9 Å². The van der Waals surface area contributed by atoms with Crippen molar-refractivity contribution in [3.63, 3.8) is 0 Å². The number of hydrogen-bond donors (Lipinski definition) is 2. The number of benzene rings is 2. The number of nitrogens with zero attached hydrogens (tertiary/aromatic N) is 4. The Labute approximate surface area is 354 Å². The average molecular weight is 928 g/mol. The molecule has 4 heterocycles. The van der Waals surface area contributed by atoms with Gasteiger partial charge >= 0.3 is 12.4 Å². The zero-order chi connectivity index (χ0) is 45.1. The standard InChI is InChI=1S/2C20H16ClF6N3O/c2*21-10-2-4-15(29-8-10)12(20(25,26)27)6-9-1-3-14(22)11(5-9)19(17(23)24)13-7-16(13)31-18(28)30-19/h2*1-5,8,12-13,16-17H,6-7H2,(H2,28,30)/t12-,13+,16-,19-;12-,13-,16+,19+/m10/s1. The number of amidine groups is 2. The van der Waals surface area contributed by atoms with Crippen LogP contribution >= 0.6 is 23.2 Å². The summed E-state index contributed by atoms with van der Waals surface area (Å²) in [5.74, 6) is -7.71. The third-order valence-electron chi connectivity index (χ3n) is 11.2. The molecule has 8 nitrogen and oxygen atoms in total. The lowest BCUT2D eigenvalue weighted by Gasteiger charge is -2.33. The first-order valence-corrected chi connectivity index (χ1v) is 19.3. The monoisotopic (exact) mass is 926 g/mol. The van der Waals surface area contributed by atoms with Crippen molar-refractivity contribution in [2.45, 2.75) is 86.0 Å². The Bertz CT molecular complexity index is 2190. The summed E-state index contributed by atoms with van der Waals surface area (Å²) in [6, 6.07) is 9.85. The Morgan fingerprint density at radius 1 is 0.613 bits per heavy atom. The minimum atomic E-state index is -4.68. The molecule has 2 fully saturated rings. The van der Waals surface area contributed by atoms with Crippen molar-refractivity contribution in [2.75, 3.05) is 0 Å². The van der Waals surface area contributed by atoms with Gasteiger partial charge in [0.15, 0.2) is 11.1 Å². The number of rotatable bonds is 10. The van der Waals surface area contributed by atoms with E-state index in [1.807, 2.05) is 0 Å². The first kappa shape index (κ1) is 45.1. The molecule has 0 spiro atoms. The molecule has 4 aliphatic rings. The second kappa shape index (κ2) is 16.6. The van der Waals surface area contributed by atoms with Crippen LogP contribution in [-0.2, 0) is 33.4 Å². The van der Waals surface area contributed by atoms with Gasteiger partial charge < -0.3 is 20.9 Å². The van der Waals surface area contributed by atoms with Crippen molar-refractivity contribution in [3.05, 3.63) is 128 Å². The topological polar surface area (TPSA) is 121 Å². The van der Waals surface area contributed by atoms with Crippen molar-refractivity contribution in [1.29, 1.82) is 0 Å². The summed E-state index contributed by atoms with van der Waals surface area (Å²) in [7, 11) is 0. The van der Waals surface area contributed by atoms with Gasteiger partial charge in [0.1, 0.15) is 35.7 Å². The third-order valence-corrected chi connectivity index (χ3v) is 11.7. The molecule has 2 saturated carbocycles. The molecule has 332 valence electrons. The molecule has 0 bridgehead atoms. The highest BCUT2D eigenvalue weighted by Gasteiger charge is 2.65. The average Bonchev–Trinajstić information content (AvgIpc) is 4.13. The predicted octanol–water partition coefficient (Wildman–Crippen LogP) is 9.91. The van der Waals surface area contributed by atoms with Gasteiger partial charge in [-0.3, -0.25) is 9.97 Å². The first-order valence-electron chi connectivity index (χ1n) is 18.6. The number of ether oxygens (including phenoxy) is 2. The summed E-state index contributed by atoms with van der Waals surface area (Å²) >= 11 is 11.4. The van der Waals surface area contributed by atoms with E-state index in [0.29, 0.717) is 0 Å². The molecule has 2 aliphatic carbocycles. The van der Waals surface area contributed by atoms with E-state index in [9.17, 15) is 52.7 Å². The van der Waals surface area contributed by atoms with Crippen LogP contribution in [0.2, 0.25) is 10.0 Å². The van der Waals surface area contributed by atoms with E-state index in [1.54, 1.807) is 0 Å². The number of halogens is 14. The van der Waals surface area contributed by atoms with Gasteiger partial charge in [-0.15, -0.1) is 0 Å². The molecule has 4 N–H and O–H groups in total. The van der Waals surface area contributed by atoms with Crippen LogP contribution < -0.4 is 11.5 Å². The maximum atomic E-state index is 14.7. The van der Waals surface area contributed by atoms with Crippen LogP contribution in [0.1, 0.15) is 58.3 Å². The molecule has 8 rings (SSSR count). The molecule has 4 aromatic rings. The lowest BCUT2D eigenvalue weighted by Crippen LogP contribution is -2.43. The van der Waals surface area contributed by atoms with Crippen LogP contribution in [0.3, 0.4) is 0 Å². The van der Waals surface area contributed by atoms with Gasteiger partial charge in [0.25, 0.3) is 24.9 Å². The summed E-state index contributed by atoms with van der Waals surface area (Å²) in [5.41, 5.74) is 4.87. The minimum Gasteiger partial charge on any atom is -0.462 e. The quantitative estimate of drug-likeness (QED) is 0.153. The summed E-state index contributed by atoms with van der Waals surface area (Å²) in [4.78, 5) is 15.0. The zero-order valence-electron chi connectivity index (χ0n) is 31.4. The lowest BCUT2D eigenvalue weighted by atomic mass is 9.82. The van der Waals surface area contributed by atoms with E-state index in [4.69, 9.17) is 44.1 Å². The predicted molar refractivity (Wildman–Crippen MR) is 201 cm³/mol. The smallest absolute Gasteiger partial charge is 0.397 e. The van der Waals surface area contributed by atoms with Crippen LogP contribution in [-0.4, -0.2) is 59.4 Å². The van der Waals surface area contributed by atoms with Crippen molar-refractivity contribution in [2.24, 2.45) is 33.3 Å². The highest BCUT2D eigenvalue weighted by atomic mass is 35.5. The van der Waals surface area contributed by atoms with Gasteiger partial charge in [0, 0.05) is 35.4 Å². The van der Waals surface area contributed by atoms with Crippen molar-refractivity contribution in [1.82, 2.24) is 9.97 Å². The molecule has 0 amide bonds. The first-order chi connectivity index (χ1) is 29.0. The molecule has 2 aromatic carbocycles. The van der Waals surface area contributed by atoms with Crippen LogP contribution in [0.15, 0.2) is 83.0 Å². The molecule has 22 heteroatoms. The van der Waals surface area contributed by atoms with E-state index >= 15 is 0 Å². The number of pyridine rings is 2. The second-order valence-electron chi connectivity index (χ2n) is 15.2. The van der Waals surface area contributed by atoms with Gasteiger partial charge in [0.2, 0.25) is 0 Å². The van der Waals surface area contributed by atoms with Crippen LogP contribution in [0.4, 0.5) is 52.7 Å². The van der Waals surface area contributed by atoms with Crippen molar-refractivity contribution in [3.8, 4) is 0 Å². The maximum Gasteiger partial charge on any atom is 0.397 e. The minimum absolute atomic E-state index is 0.00737. The molecule has 2 aromatic heterocycles. The highest BCUT2D eigenvalue weighted by molar-refractivity contribution is 6.30. The van der Waals surface area contributed by atoms with Gasteiger partial charge in [-0.2, -0.15) is 26.3 Å². The normalized spacial score (nSPS) is 26.1. The van der Waals surface area contributed by atoms with Gasteiger partial charge in [-0.1, -0.05) is 47.5 Å². The Morgan fingerprint density at radius 2 is 0.984 bits per heavy atom. The number of fused-ring (bicyclic) bond motifs is 2. The number of alkyl halides is 10. The molecule has 2 aliphatic heterocycles. The zero-order valence-corrected chi connectivity index (χ0v) is 32.9. The fourth-order valence-electron chi connectivity index (χ4n) is 8.05. The van der Waals surface area contributed by atoms with Crippen molar-refractivity contribution < 1.29 is 62.2 Å². The largest absolute Gasteiger partial charge is 0.462 e. The van der Waals surface area contributed by atoms with Crippen LogP contribution in [0, 0.1) is 23.5 Å². The van der Waals surface area contributed by atoms with Crippen LogP contribution in [0.25, 0.3) is 0 Å².